The molecule has 0 aromatic heterocycles. The number of nitro groups is 1. The van der Waals surface area contributed by atoms with E-state index in [0.29, 0.717) is 49.7 Å². The number of piperidine rings is 1. The molecule has 1 amide bonds. The van der Waals surface area contributed by atoms with Crippen LogP contribution in [0.5, 0.6) is 5.75 Å². The molecule has 0 bridgehead atoms. The van der Waals surface area contributed by atoms with Crippen molar-refractivity contribution in [2.75, 3.05) is 36.5 Å². The third-order valence-corrected chi connectivity index (χ3v) is 6.13. The van der Waals surface area contributed by atoms with E-state index in [1.165, 1.54) is 6.07 Å². The number of carbonyl (C=O) groups excluding carboxylic acids is 1. The van der Waals surface area contributed by atoms with Crippen LogP contribution in [0.2, 0.25) is 0 Å². The predicted molar refractivity (Wildman–Crippen MR) is 122 cm³/mol. The maximum atomic E-state index is 12.9. The zero-order valence-electron chi connectivity index (χ0n) is 18.1. The average Bonchev–Trinajstić information content (AvgIpc) is 2.84. The Morgan fingerprint density at radius 1 is 1.09 bits per heavy atom. The minimum atomic E-state index is -0.358. The summed E-state index contributed by atoms with van der Waals surface area (Å²) < 4.78 is 11.7. The van der Waals surface area contributed by atoms with Gasteiger partial charge in [0.25, 0.3) is 5.69 Å². The summed E-state index contributed by atoms with van der Waals surface area (Å²) in [6.45, 7) is 2.44. The second kappa shape index (κ2) is 10.5. The van der Waals surface area contributed by atoms with E-state index in [2.05, 4.69) is 5.32 Å². The molecule has 32 heavy (non-hydrogen) atoms. The number of nitrogens with zero attached hydrogens (tertiary/aromatic N) is 2. The van der Waals surface area contributed by atoms with E-state index in [-0.39, 0.29) is 28.5 Å². The summed E-state index contributed by atoms with van der Waals surface area (Å²) in [7, 11) is 0. The van der Waals surface area contributed by atoms with Gasteiger partial charge in [-0.3, -0.25) is 14.9 Å². The number of amides is 1. The minimum Gasteiger partial charge on any atom is -0.489 e. The molecular formula is C24H29N3O5. The topological polar surface area (TPSA) is 93.9 Å². The number of rotatable bonds is 7. The molecule has 1 N–H and O–H groups in total. The first-order chi connectivity index (χ1) is 15.6. The number of ether oxygens (including phenoxy) is 2. The summed E-state index contributed by atoms with van der Waals surface area (Å²) in [6.07, 6.45) is 4.61. The summed E-state index contributed by atoms with van der Waals surface area (Å²) in [5.74, 6) is 0.452. The Morgan fingerprint density at radius 3 is 2.59 bits per heavy atom. The number of benzene rings is 2. The molecule has 0 spiro atoms. The number of para-hydroxylation sites is 4. The van der Waals surface area contributed by atoms with Crippen LogP contribution in [0.3, 0.4) is 0 Å². The van der Waals surface area contributed by atoms with Crippen molar-refractivity contribution in [2.45, 2.75) is 38.2 Å². The van der Waals surface area contributed by atoms with Crippen molar-refractivity contribution in [3.63, 3.8) is 0 Å². The standard InChI is InChI=1S/C24H29N3O5/c28-24(18-12-14-26(15-13-18)21-9-2-3-10-22(21)27(29)30)25-20-8-1-4-11-23(20)32-17-19-7-5-6-16-31-19/h1-4,8-11,18-19H,5-7,12-17H2,(H,25,28). The molecule has 2 aliphatic rings. The fourth-order valence-electron chi connectivity index (χ4n) is 4.32. The molecule has 2 saturated heterocycles. The number of nitrogens with one attached hydrogen (secondary N) is 1. The Balaban J connectivity index is 1.33. The van der Waals surface area contributed by atoms with E-state index in [4.69, 9.17) is 9.47 Å². The van der Waals surface area contributed by atoms with Crippen LogP contribution in [0, 0.1) is 16.0 Å². The lowest BCUT2D eigenvalue weighted by atomic mass is 9.95. The first-order valence-corrected chi connectivity index (χ1v) is 11.2. The van der Waals surface area contributed by atoms with Crippen molar-refractivity contribution in [3.05, 3.63) is 58.6 Å². The molecule has 0 aliphatic carbocycles. The Hall–Kier alpha value is -3.13. The highest BCUT2D eigenvalue weighted by Gasteiger charge is 2.28. The Morgan fingerprint density at radius 2 is 1.84 bits per heavy atom. The molecule has 4 rings (SSSR count). The highest BCUT2D eigenvalue weighted by molar-refractivity contribution is 5.94. The summed E-state index contributed by atoms with van der Waals surface area (Å²) in [6, 6.07) is 14.2. The molecule has 8 heteroatoms. The second-order valence-corrected chi connectivity index (χ2v) is 8.29. The summed E-state index contributed by atoms with van der Waals surface area (Å²) >= 11 is 0. The fraction of sp³-hybridized carbons (Fsp3) is 0.458. The maximum absolute atomic E-state index is 12.9. The third-order valence-electron chi connectivity index (χ3n) is 6.13. The number of nitro benzene ring substituents is 1. The van der Waals surface area contributed by atoms with Crippen molar-refractivity contribution in [2.24, 2.45) is 5.92 Å². The molecule has 2 aromatic rings. The average molecular weight is 440 g/mol. The van der Waals surface area contributed by atoms with Gasteiger partial charge in [-0.15, -0.1) is 0 Å². The lowest BCUT2D eigenvalue weighted by molar-refractivity contribution is -0.384. The van der Waals surface area contributed by atoms with E-state index in [1.807, 2.05) is 29.2 Å². The predicted octanol–water partition coefficient (Wildman–Crippen LogP) is 4.40. The summed E-state index contributed by atoms with van der Waals surface area (Å²) in [5.41, 5.74) is 1.37. The van der Waals surface area contributed by atoms with Crippen LogP contribution < -0.4 is 15.0 Å². The largest absolute Gasteiger partial charge is 0.489 e. The first-order valence-electron chi connectivity index (χ1n) is 11.2. The smallest absolute Gasteiger partial charge is 0.292 e. The molecule has 8 nitrogen and oxygen atoms in total. The summed E-state index contributed by atoms with van der Waals surface area (Å²) in [4.78, 5) is 25.9. The van der Waals surface area contributed by atoms with Crippen LogP contribution in [0.4, 0.5) is 17.1 Å². The molecule has 1 atom stereocenters. The number of hydrogen-bond donors (Lipinski definition) is 1. The van der Waals surface area contributed by atoms with Crippen molar-refractivity contribution in [1.29, 1.82) is 0 Å². The van der Waals surface area contributed by atoms with Crippen molar-refractivity contribution in [3.8, 4) is 5.75 Å². The maximum Gasteiger partial charge on any atom is 0.292 e. The molecule has 0 saturated carbocycles. The van der Waals surface area contributed by atoms with Gasteiger partial charge in [0.1, 0.15) is 18.0 Å². The molecular weight excluding hydrogens is 410 g/mol. The molecule has 2 fully saturated rings. The third kappa shape index (κ3) is 5.37. The van der Waals surface area contributed by atoms with Gasteiger partial charge in [-0.2, -0.15) is 0 Å². The molecule has 2 aliphatic heterocycles. The molecule has 2 heterocycles. The normalized spacial score (nSPS) is 19.4. The highest BCUT2D eigenvalue weighted by Crippen LogP contribution is 2.32. The monoisotopic (exact) mass is 439 g/mol. The van der Waals surface area contributed by atoms with Gasteiger partial charge in [0.05, 0.1) is 16.7 Å². The van der Waals surface area contributed by atoms with E-state index in [1.54, 1.807) is 18.2 Å². The Labute approximate surface area is 187 Å². The van der Waals surface area contributed by atoms with Gasteiger partial charge in [-0.1, -0.05) is 24.3 Å². The zero-order valence-corrected chi connectivity index (χ0v) is 18.1. The fourth-order valence-corrected chi connectivity index (χ4v) is 4.32. The van der Waals surface area contributed by atoms with Crippen LogP contribution in [-0.2, 0) is 9.53 Å². The van der Waals surface area contributed by atoms with Gasteiger partial charge in [-0.25, -0.2) is 0 Å². The number of anilines is 2. The lowest BCUT2D eigenvalue weighted by Gasteiger charge is -2.32. The summed E-state index contributed by atoms with van der Waals surface area (Å²) in [5, 5.41) is 14.3. The van der Waals surface area contributed by atoms with E-state index < -0.39 is 0 Å². The number of hydrogen-bond acceptors (Lipinski definition) is 6. The van der Waals surface area contributed by atoms with E-state index in [0.717, 1.165) is 25.9 Å². The highest BCUT2D eigenvalue weighted by atomic mass is 16.6. The van der Waals surface area contributed by atoms with Gasteiger partial charge in [0, 0.05) is 31.7 Å². The SMILES string of the molecule is O=C(Nc1ccccc1OCC1CCCCO1)C1CCN(c2ccccc2[N+](=O)[O-])CC1. The molecule has 0 radical (unpaired) electrons. The van der Waals surface area contributed by atoms with Crippen LogP contribution in [-0.4, -0.2) is 43.2 Å². The minimum absolute atomic E-state index is 0.0443. The molecule has 170 valence electrons. The van der Waals surface area contributed by atoms with Crippen molar-refractivity contribution in [1.82, 2.24) is 0 Å². The molecule has 1 unspecified atom stereocenters. The Kier molecular flexibility index (Phi) is 7.21. The second-order valence-electron chi connectivity index (χ2n) is 8.29. The lowest BCUT2D eigenvalue weighted by Crippen LogP contribution is -2.38. The van der Waals surface area contributed by atoms with Gasteiger partial charge < -0.3 is 19.7 Å². The van der Waals surface area contributed by atoms with Crippen LogP contribution >= 0.6 is 0 Å². The first kappa shape index (κ1) is 22.1. The van der Waals surface area contributed by atoms with Gasteiger partial charge in [0.15, 0.2) is 0 Å². The van der Waals surface area contributed by atoms with Gasteiger partial charge in [-0.05, 0) is 50.3 Å². The van der Waals surface area contributed by atoms with E-state index >= 15 is 0 Å². The van der Waals surface area contributed by atoms with Crippen LogP contribution in [0.1, 0.15) is 32.1 Å². The Bertz CT molecular complexity index is 937. The quantitative estimate of drug-likeness (QED) is 0.508. The molecule has 2 aromatic carbocycles. The van der Waals surface area contributed by atoms with E-state index in [9.17, 15) is 14.9 Å². The van der Waals surface area contributed by atoms with Gasteiger partial charge >= 0.3 is 0 Å². The van der Waals surface area contributed by atoms with Crippen LogP contribution in [0.15, 0.2) is 48.5 Å². The van der Waals surface area contributed by atoms with Gasteiger partial charge in [0.2, 0.25) is 5.91 Å². The zero-order chi connectivity index (χ0) is 22.3. The van der Waals surface area contributed by atoms with Crippen LogP contribution in [0.25, 0.3) is 0 Å². The van der Waals surface area contributed by atoms with Crippen molar-refractivity contribution >= 4 is 23.0 Å². The van der Waals surface area contributed by atoms with Crippen molar-refractivity contribution < 1.29 is 19.2 Å². The number of carbonyl (C=O) groups is 1.